The molecule has 1 fully saturated rings. The lowest BCUT2D eigenvalue weighted by molar-refractivity contribution is -0.0304. The number of morpholine rings is 1. The average Bonchev–Trinajstić information content (AvgIpc) is 2.47. The van der Waals surface area contributed by atoms with Crippen molar-refractivity contribution in [3.05, 3.63) is 23.8 Å². The Morgan fingerprint density at radius 1 is 1.50 bits per heavy atom. The molecule has 1 unspecified atom stereocenters. The van der Waals surface area contributed by atoms with Gasteiger partial charge in [-0.2, -0.15) is 4.31 Å². The topological polar surface area (TPSA) is 76.1 Å². The molecule has 1 aliphatic heterocycles. The summed E-state index contributed by atoms with van der Waals surface area (Å²) in [4.78, 5) is 0.231. The van der Waals surface area contributed by atoms with Gasteiger partial charge in [0.1, 0.15) is 5.75 Å². The number of methoxy groups -OCH3 is 1. The zero-order chi connectivity index (χ0) is 14.8. The van der Waals surface area contributed by atoms with E-state index in [4.69, 9.17) is 14.6 Å². The van der Waals surface area contributed by atoms with Crippen LogP contribution in [0.15, 0.2) is 23.1 Å². The van der Waals surface area contributed by atoms with Crippen molar-refractivity contribution < 1.29 is 23.0 Å². The van der Waals surface area contributed by atoms with Gasteiger partial charge in [-0.1, -0.05) is 0 Å². The Kier molecular flexibility index (Phi) is 4.64. The van der Waals surface area contributed by atoms with Crippen molar-refractivity contribution in [3.63, 3.8) is 0 Å². The van der Waals surface area contributed by atoms with Gasteiger partial charge in [0.2, 0.25) is 10.0 Å². The standard InChI is InChI=1S/C13H19NO5S/c1-10-7-12(3-4-13(10)18-2)20(16,17)14-5-6-19-11(8-14)9-15/h3-4,7,11,15H,5-6,8-9H2,1-2H3. The van der Waals surface area contributed by atoms with Gasteiger partial charge in [-0.25, -0.2) is 8.42 Å². The maximum absolute atomic E-state index is 12.5. The van der Waals surface area contributed by atoms with E-state index in [2.05, 4.69) is 0 Å². The molecule has 2 rings (SSSR count). The van der Waals surface area contributed by atoms with Gasteiger partial charge in [0.15, 0.2) is 0 Å². The van der Waals surface area contributed by atoms with Gasteiger partial charge in [-0.05, 0) is 30.7 Å². The summed E-state index contributed by atoms with van der Waals surface area (Å²) >= 11 is 0. The number of aliphatic hydroxyl groups is 1. The van der Waals surface area contributed by atoms with Crippen molar-refractivity contribution in [1.29, 1.82) is 0 Å². The zero-order valence-corrected chi connectivity index (χ0v) is 12.4. The van der Waals surface area contributed by atoms with Gasteiger partial charge in [-0.15, -0.1) is 0 Å². The molecule has 0 bridgehead atoms. The number of benzene rings is 1. The lowest BCUT2D eigenvalue weighted by Gasteiger charge is -2.31. The van der Waals surface area contributed by atoms with Crippen molar-refractivity contribution in [2.75, 3.05) is 33.4 Å². The molecule has 1 N–H and O–H groups in total. The molecule has 20 heavy (non-hydrogen) atoms. The number of ether oxygens (including phenoxy) is 2. The first kappa shape index (κ1) is 15.2. The number of rotatable bonds is 4. The molecule has 0 aliphatic carbocycles. The van der Waals surface area contributed by atoms with Crippen LogP contribution in [0.1, 0.15) is 5.56 Å². The number of sulfonamides is 1. The number of nitrogens with zero attached hydrogens (tertiary/aromatic N) is 1. The Morgan fingerprint density at radius 2 is 2.25 bits per heavy atom. The average molecular weight is 301 g/mol. The first-order valence-corrected chi connectivity index (χ1v) is 7.80. The molecule has 7 heteroatoms. The van der Waals surface area contributed by atoms with E-state index in [1.165, 1.54) is 10.4 Å². The second-order valence-corrected chi connectivity index (χ2v) is 6.61. The molecule has 6 nitrogen and oxygen atoms in total. The van der Waals surface area contributed by atoms with Crippen LogP contribution < -0.4 is 4.74 Å². The molecule has 0 spiro atoms. The monoisotopic (exact) mass is 301 g/mol. The van der Waals surface area contributed by atoms with Crippen LogP contribution in [0.5, 0.6) is 5.75 Å². The number of aryl methyl sites for hydroxylation is 1. The van der Waals surface area contributed by atoms with Gasteiger partial charge in [-0.3, -0.25) is 0 Å². The third-order valence-corrected chi connectivity index (χ3v) is 5.17. The summed E-state index contributed by atoms with van der Waals surface area (Å²) in [5.41, 5.74) is 0.764. The molecule has 0 amide bonds. The summed E-state index contributed by atoms with van der Waals surface area (Å²) in [6.45, 7) is 2.37. The maximum atomic E-state index is 12.5. The third kappa shape index (κ3) is 2.95. The molecule has 0 aromatic heterocycles. The zero-order valence-electron chi connectivity index (χ0n) is 11.6. The van der Waals surface area contributed by atoms with E-state index < -0.39 is 16.1 Å². The predicted molar refractivity (Wildman–Crippen MR) is 73.3 cm³/mol. The van der Waals surface area contributed by atoms with Crippen molar-refractivity contribution >= 4 is 10.0 Å². The third-order valence-electron chi connectivity index (χ3n) is 3.31. The molecule has 112 valence electrons. The normalized spacial score (nSPS) is 20.9. The van der Waals surface area contributed by atoms with Crippen LogP contribution in [0.2, 0.25) is 0 Å². The molecule has 1 aromatic rings. The van der Waals surface area contributed by atoms with Gasteiger partial charge >= 0.3 is 0 Å². The van der Waals surface area contributed by atoms with Crippen molar-refractivity contribution in [3.8, 4) is 5.75 Å². The lowest BCUT2D eigenvalue weighted by Crippen LogP contribution is -2.46. The second-order valence-electron chi connectivity index (χ2n) is 4.67. The lowest BCUT2D eigenvalue weighted by atomic mass is 10.2. The highest BCUT2D eigenvalue weighted by Crippen LogP contribution is 2.24. The van der Waals surface area contributed by atoms with E-state index in [1.807, 2.05) is 0 Å². The number of aliphatic hydroxyl groups excluding tert-OH is 1. The van der Waals surface area contributed by atoms with E-state index in [1.54, 1.807) is 26.2 Å². The van der Waals surface area contributed by atoms with Crippen LogP contribution in [0.25, 0.3) is 0 Å². The fraction of sp³-hybridized carbons (Fsp3) is 0.538. The van der Waals surface area contributed by atoms with Gasteiger partial charge in [0, 0.05) is 13.1 Å². The Bertz CT molecular complexity index is 572. The summed E-state index contributed by atoms with van der Waals surface area (Å²) in [7, 11) is -2.02. The first-order chi connectivity index (χ1) is 9.48. The van der Waals surface area contributed by atoms with Crippen LogP contribution >= 0.6 is 0 Å². The van der Waals surface area contributed by atoms with Crippen LogP contribution in [0.3, 0.4) is 0 Å². The summed E-state index contributed by atoms with van der Waals surface area (Å²) in [6.07, 6.45) is -0.460. The molecule has 1 saturated heterocycles. The van der Waals surface area contributed by atoms with Crippen molar-refractivity contribution in [2.24, 2.45) is 0 Å². The highest BCUT2D eigenvalue weighted by atomic mass is 32.2. The van der Waals surface area contributed by atoms with Gasteiger partial charge < -0.3 is 14.6 Å². The predicted octanol–water partition coefficient (Wildman–Crippen LogP) is 0.385. The molecule has 1 atom stereocenters. The molecule has 0 radical (unpaired) electrons. The van der Waals surface area contributed by atoms with E-state index in [0.29, 0.717) is 18.9 Å². The summed E-state index contributed by atoms with van der Waals surface area (Å²) in [5, 5.41) is 9.09. The summed E-state index contributed by atoms with van der Waals surface area (Å²) < 4.78 is 36.8. The number of hydrogen-bond acceptors (Lipinski definition) is 5. The van der Waals surface area contributed by atoms with Gasteiger partial charge in [0.25, 0.3) is 0 Å². The van der Waals surface area contributed by atoms with Crippen LogP contribution in [0.4, 0.5) is 0 Å². The Morgan fingerprint density at radius 3 is 2.85 bits per heavy atom. The minimum atomic E-state index is -3.57. The van der Waals surface area contributed by atoms with Crippen molar-refractivity contribution in [2.45, 2.75) is 17.9 Å². The highest BCUT2D eigenvalue weighted by molar-refractivity contribution is 7.89. The molecule has 1 aromatic carbocycles. The van der Waals surface area contributed by atoms with Crippen LogP contribution in [-0.2, 0) is 14.8 Å². The Balaban J connectivity index is 2.28. The number of hydrogen-bond donors (Lipinski definition) is 1. The first-order valence-electron chi connectivity index (χ1n) is 6.36. The van der Waals surface area contributed by atoms with Gasteiger partial charge in [0.05, 0.1) is 31.3 Å². The summed E-state index contributed by atoms with van der Waals surface area (Å²) in [6, 6.07) is 4.77. The SMILES string of the molecule is COc1ccc(S(=O)(=O)N2CCOC(CO)C2)cc1C. The minimum absolute atomic E-state index is 0.171. The minimum Gasteiger partial charge on any atom is -0.496 e. The molecule has 0 saturated carbocycles. The fourth-order valence-corrected chi connectivity index (χ4v) is 3.72. The van der Waals surface area contributed by atoms with Crippen LogP contribution in [-0.4, -0.2) is 57.3 Å². The summed E-state index contributed by atoms with van der Waals surface area (Å²) in [5.74, 6) is 0.652. The highest BCUT2D eigenvalue weighted by Gasteiger charge is 2.30. The van der Waals surface area contributed by atoms with Crippen molar-refractivity contribution in [1.82, 2.24) is 4.31 Å². The van der Waals surface area contributed by atoms with E-state index >= 15 is 0 Å². The molecule has 1 heterocycles. The molecular formula is C13H19NO5S. The Labute approximate surface area is 119 Å². The molecule has 1 aliphatic rings. The van der Waals surface area contributed by atoms with E-state index in [0.717, 1.165) is 5.56 Å². The largest absolute Gasteiger partial charge is 0.496 e. The maximum Gasteiger partial charge on any atom is 0.243 e. The second kappa shape index (κ2) is 6.09. The van der Waals surface area contributed by atoms with E-state index in [9.17, 15) is 8.42 Å². The fourth-order valence-electron chi connectivity index (χ4n) is 2.18. The van der Waals surface area contributed by atoms with E-state index in [-0.39, 0.29) is 18.0 Å². The Hall–Kier alpha value is -1.15. The smallest absolute Gasteiger partial charge is 0.243 e. The molecular weight excluding hydrogens is 282 g/mol. The quantitative estimate of drug-likeness (QED) is 0.870. The van der Waals surface area contributed by atoms with Crippen LogP contribution in [0, 0.1) is 6.92 Å².